The fourth-order valence-corrected chi connectivity index (χ4v) is 0.988. The Labute approximate surface area is 79.9 Å². The highest BCUT2D eigenvalue weighted by atomic mass is 19.2. The Kier molecular flexibility index (Phi) is 3.23. The van der Waals surface area contributed by atoms with Crippen LogP contribution in [0.5, 0.6) is 0 Å². The van der Waals surface area contributed by atoms with Crippen LogP contribution in [-0.2, 0) is 0 Å². The lowest BCUT2D eigenvalue weighted by molar-refractivity contribution is 0.169. The number of rotatable bonds is 2. The van der Waals surface area contributed by atoms with Gasteiger partial charge in [0.05, 0.1) is 12.2 Å². The van der Waals surface area contributed by atoms with Crippen LogP contribution in [0.25, 0.3) is 0 Å². The second-order valence-electron chi connectivity index (χ2n) is 2.63. The largest absolute Gasteiger partial charge is 0.393 e. The zero-order valence-electron chi connectivity index (χ0n) is 7.00. The van der Waals surface area contributed by atoms with Crippen LogP contribution in [0, 0.1) is 29.1 Å². The summed E-state index contributed by atoms with van der Waals surface area (Å²) in [6.07, 6.45) is -2.66. The predicted molar refractivity (Wildman–Crippen MR) is 37.2 cm³/mol. The highest BCUT2D eigenvalue weighted by Crippen LogP contribution is 2.29. The molecule has 0 bridgehead atoms. The maximum atomic E-state index is 12.8. The third kappa shape index (κ3) is 1.79. The van der Waals surface area contributed by atoms with Gasteiger partial charge in [-0.2, -0.15) is 0 Å². The molecule has 0 saturated heterocycles. The van der Waals surface area contributed by atoms with Crippen LogP contribution in [0.2, 0.25) is 0 Å². The maximum absolute atomic E-state index is 12.8. The van der Waals surface area contributed by atoms with Crippen molar-refractivity contribution in [3.05, 3.63) is 34.6 Å². The van der Waals surface area contributed by atoms with Crippen LogP contribution in [0.1, 0.15) is 11.7 Å². The molecule has 7 heteroatoms. The summed E-state index contributed by atoms with van der Waals surface area (Å²) in [7, 11) is 0. The van der Waals surface area contributed by atoms with Gasteiger partial charge in [-0.25, -0.2) is 26.3 Å². The van der Waals surface area contributed by atoms with Gasteiger partial charge in [-0.1, -0.05) is 0 Å². The highest BCUT2D eigenvalue weighted by Gasteiger charge is 2.29. The first-order chi connectivity index (χ1) is 6.91. The van der Waals surface area contributed by atoms with Crippen LogP contribution in [-0.4, -0.2) is 11.7 Å². The van der Waals surface area contributed by atoms with Gasteiger partial charge in [0, 0.05) is 0 Å². The molecule has 1 rings (SSSR count). The number of hydrogen-bond acceptors (Lipinski definition) is 1. The average Bonchev–Trinajstić information content (AvgIpc) is 2.23. The molecule has 1 N–H and O–H groups in total. The van der Waals surface area contributed by atoms with E-state index in [4.69, 9.17) is 5.11 Å². The SMILES string of the molecule is OC[C@@H](F)c1c(F)c(F)c(F)c(F)c1F. The second kappa shape index (κ2) is 4.09. The van der Waals surface area contributed by atoms with Crippen molar-refractivity contribution in [2.24, 2.45) is 0 Å². The number of aliphatic hydroxyl groups is 1. The third-order valence-corrected chi connectivity index (χ3v) is 1.72. The fraction of sp³-hybridized carbons (Fsp3) is 0.250. The monoisotopic (exact) mass is 230 g/mol. The van der Waals surface area contributed by atoms with Gasteiger partial charge in [-0.15, -0.1) is 0 Å². The van der Waals surface area contributed by atoms with E-state index in [1.165, 1.54) is 0 Å². The van der Waals surface area contributed by atoms with Crippen molar-refractivity contribution in [1.82, 2.24) is 0 Å². The summed E-state index contributed by atoms with van der Waals surface area (Å²) in [4.78, 5) is 0. The summed E-state index contributed by atoms with van der Waals surface area (Å²) >= 11 is 0. The summed E-state index contributed by atoms with van der Waals surface area (Å²) in [6, 6.07) is 0. The van der Waals surface area contributed by atoms with E-state index >= 15 is 0 Å². The number of hydrogen-bond donors (Lipinski definition) is 1. The van der Waals surface area contributed by atoms with E-state index in [0.717, 1.165) is 0 Å². The standard InChI is InChI=1S/C8H4F6O/c9-2(1-15)3-4(10)6(12)8(14)7(13)5(3)11/h2,15H,1H2/t2-/m1/s1. The minimum atomic E-state index is -2.66. The van der Waals surface area contributed by atoms with Gasteiger partial charge in [0.25, 0.3) is 0 Å². The molecule has 0 spiro atoms. The van der Waals surface area contributed by atoms with E-state index in [0.29, 0.717) is 0 Å². The Bertz CT molecular complexity index is 362. The molecule has 84 valence electrons. The lowest BCUT2D eigenvalue weighted by atomic mass is 10.1. The maximum Gasteiger partial charge on any atom is 0.200 e. The quantitative estimate of drug-likeness (QED) is 0.470. The Morgan fingerprint density at radius 1 is 0.800 bits per heavy atom. The summed E-state index contributed by atoms with van der Waals surface area (Å²) in [5, 5.41) is 8.24. The van der Waals surface area contributed by atoms with Gasteiger partial charge >= 0.3 is 0 Å². The Morgan fingerprint density at radius 3 is 1.47 bits per heavy atom. The number of aliphatic hydroxyl groups excluding tert-OH is 1. The zero-order chi connectivity index (χ0) is 11.7. The molecule has 1 nitrogen and oxygen atoms in total. The molecule has 0 radical (unpaired) electrons. The van der Waals surface area contributed by atoms with Crippen LogP contribution in [0.4, 0.5) is 26.3 Å². The van der Waals surface area contributed by atoms with Gasteiger partial charge < -0.3 is 5.11 Å². The van der Waals surface area contributed by atoms with E-state index < -0.39 is 47.4 Å². The van der Waals surface area contributed by atoms with Crippen molar-refractivity contribution in [2.75, 3.05) is 6.61 Å². The Hall–Kier alpha value is -1.24. The molecule has 0 aliphatic carbocycles. The minimum absolute atomic E-state index is 1.38. The lowest BCUT2D eigenvalue weighted by Crippen LogP contribution is -2.11. The van der Waals surface area contributed by atoms with Crippen molar-refractivity contribution in [3.8, 4) is 0 Å². The first-order valence-electron chi connectivity index (χ1n) is 3.68. The Balaban J connectivity index is 3.52. The summed E-state index contributed by atoms with van der Waals surface area (Å²) in [5.41, 5.74) is -1.66. The van der Waals surface area contributed by atoms with Gasteiger partial charge in [0.1, 0.15) is 0 Å². The molecule has 0 amide bonds. The number of alkyl halides is 1. The van der Waals surface area contributed by atoms with Crippen molar-refractivity contribution < 1.29 is 31.4 Å². The molecule has 0 unspecified atom stereocenters. The van der Waals surface area contributed by atoms with Gasteiger partial charge in [-0.3, -0.25) is 0 Å². The fourth-order valence-electron chi connectivity index (χ4n) is 0.988. The molecule has 15 heavy (non-hydrogen) atoms. The van der Waals surface area contributed by atoms with Gasteiger partial charge in [-0.05, 0) is 0 Å². The molecule has 0 fully saturated rings. The molecular weight excluding hydrogens is 226 g/mol. The zero-order valence-corrected chi connectivity index (χ0v) is 7.00. The molecule has 1 aromatic carbocycles. The first-order valence-corrected chi connectivity index (χ1v) is 3.68. The van der Waals surface area contributed by atoms with E-state index in [2.05, 4.69) is 0 Å². The summed E-state index contributed by atoms with van der Waals surface area (Å²) in [6.45, 7) is -1.38. The van der Waals surface area contributed by atoms with E-state index in [1.54, 1.807) is 0 Å². The molecular formula is C8H4F6O. The van der Waals surface area contributed by atoms with E-state index in [1.807, 2.05) is 0 Å². The van der Waals surface area contributed by atoms with Crippen LogP contribution in [0.15, 0.2) is 0 Å². The van der Waals surface area contributed by atoms with Crippen molar-refractivity contribution in [2.45, 2.75) is 6.17 Å². The van der Waals surface area contributed by atoms with Crippen LogP contribution in [0.3, 0.4) is 0 Å². The van der Waals surface area contributed by atoms with Crippen molar-refractivity contribution in [1.29, 1.82) is 0 Å². The van der Waals surface area contributed by atoms with E-state index in [9.17, 15) is 26.3 Å². The lowest BCUT2D eigenvalue weighted by Gasteiger charge is -2.09. The van der Waals surface area contributed by atoms with E-state index in [-0.39, 0.29) is 0 Å². The first kappa shape index (κ1) is 11.8. The molecule has 0 heterocycles. The molecule has 0 aliphatic heterocycles. The molecule has 0 aliphatic rings. The second-order valence-corrected chi connectivity index (χ2v) is 2.63. The summed E-state index contributed by atoms with van der Waals surface area (Å²) in [5.74, 6) is -11.4. The highest BCUT2D eigenvalue weighted by molar-refractivity contribution is 5.26. The predicted octanol–water partition coefficient (Wildman–Crippen LogP) is 2.38. The molecule has 0 saturated carbocycles. The topological polar surface area (TPSA) is 20.2 Å². The smallest absolute Gasteiger partial charge is 0.200 e. The van der Waals surface area contributed by atoms with Gasteiger partial charge in [0.15, 0.2) is 29.4 Å². The van der Waals surface area contributed by atoms with Gasteiger partial charge in [0.2, 0.25) is 5.82 Å². The van der Waals surface area contributed by atoms with Crippen molar-refractivity contribution in [3.63, 3.8) is 0 Å². The normalized spacial score (nSPS) is 13.0. The van der Waals surface area contributed by atoms with Crippen LogP contribution >= 0.6 is 0 Å². The molecule has 1 aromatic rings. The number of halogens is 6. The third-order valence-electron chi connectivity index (χ3n) is 1.72. The van der Waals surface area contributed by atoms with Crippen molar-refractivity contribution >= 4 is 0 Å². The summed E-state index contributed by atoms with van der Waals surface area (Å²) < 4.78 is 75.7. The molecule has 1 atom stereocenters. The average molecular weight is 230 g/mol. The Morgan fingerprint density at radius 2 is 1.13 bits per heavy atom. The minimum Gasteiger partial charge on any atom is -0.393 e. The molecule has 0 aromatic heterocycles. The van der Waals surface area contributed by atoms with Crippen LogP contribution < -0.4 is 0 Å². The number of benzene rings is 1.